The van der Waals surface area contributed by atoms with E-state index in [1.807, 2.05) is 4.57 Å². The molecule has 0 radical (unpaired) electrons. The molecular weight excluding hydrogens is 328 g/mol. The van der Waals surface area contributed by atoms with Crippen molar-refractivity contribution in [2.75, 3.05) is 0 Å². The molecule has 25 heavy (non-hydrogen) atoms. The maximum absolute atomic E-state index is 13.9. The van der Waals surface area contributed by atoms with Gasteiger partial charge in [0.1, 0.15) is 17.2 Å². The fraction of sp³-hybridized carbons (Fsp3) is 0.235. The standard InChI is InChI=1S/C17H15F2N5O/c18-12-2-1-3-13(19)15(12)24-7-6-11(22-24)8-23-9-14(16(20)25)21-17(23)10-4-5-10/h1-3,6-7,9-10H,4-5,8H2,(H2,20,25). The summed E-state index contributed by atoms with van der Waals surface area (Å²) >= 11 is 0. The highest BCUT2D eigenvalue weighted by Crippen LogP contribution is 2.39. The molecule has 2 N–H and O–H groups in total. The van der Waals surface area contributed by atoms with Crippen LogP contribution in [0.3, 0.4) is 0 Å². The van der Waals surface area contributed by atoms with E-state index in [9.17, 15) is 13.6 Å². The summed E-state index contributed by atoms with van der Waals surface area (Å²) in [6.45, 7) is 0.342. The number of amides is 1. The lowest BCUT2D eigenvalue weighted by Crippen LogP contribution is -2.11. The molecule has 128 valence electrons. The third-order valence-electron chi connectivity index (χ3n) is 4.15. The van der Waals surface area contributed by atoms with Crippen LogP contribution in [0.2, 0.25) is 0 Å². The minimum absolute atomic E-state index is 0.210. The zero-order chi connectivity index (χ0) is 17.6. The van der Waals surface area contributed by atoms with Crippen molar-refractivity contribution in [1.82, 2.24) is 19.3 Å². The maximum atomic E-state index is 13.9. The Morgan fingerprint density at radius 2 is 1.96 bits per heavy atom. The molecule has 2 aromatic heterocycles. The molecule has 0 spiro atoms. The number of halogens is 2. The molecule has 1 aliphatic rings. The van der Waals surface area contributed by atoms with Gasteiger partial charge in [0.15, 0.2) is 11.6 Å². The van der Waals surface area contributed by atoms with E-state index in [2.05, 4.69) is 10.1 Å². The van der Waals surface area contributed by atoms with Gasteiger partial charge >= 0.3 is 0 Å². The van der Waals surface area contributed by atoms with Gasteiger partial charge in [-0.05, 0) is 31.0 Å². The van der Waals surface area contributed by atoms with E-state index in [4.69, 9.17) is 5.73 Å². The average Bonchev–Trinajstić information content (AvgIpc) is 3.16. The van der Waals surface area contributed by atoms with Gasteiger partial charge in [-0.15, -0.1) is 0 Å². The van der Waals surface area contributed by atoms with Gasteiger partial charge in [-0.2, -0.15) is 5.10 Å². The number of hydrogen-bond donors (Lipinski definition) is 1. The molecule has 1 aliphatic carbocycles. The third-order valence-corrected chi connectivity index (χ3v) is 4.15. The number of nitrogens with two attached hydrogens (primary N) is 1. The van der Waals surface area contributed by atoms with Gasteiger partial charge in [-0.1, -0.05) is 6.07 Å². The van der Waals surface area contributed by atoms with Crippen molar-refractivity contribution < 1.29 is 13.6 Å². The normalized spacial score (nSPS) is 14.0. The second-order valence-corrected chi connectivity index (χ2v) is 6.07. The fourth-order valence-corrected chi connectivity index (χ4v) is 2.80. The molecule has 6 nitrogen and oxygen atoms in total. The molecule has 1 aromatic carbocycles. The first kappa shape index (κ1) is 15.5. The summed E-state index contributed by atoms with van der Waals surface area (Å²) in [6.07, 6.45) is 5.13. The molecule has 0 saturated heterocycles. The van der Waals surface area contributed by atoms with Crippen LogP contribution < -0.4 is 5.73 Å². The Balaban J connectivity index is 1.65. The summed E-state index contributed by atoms with van der Waals surface area (Å²) < 4.78 is 30.7. The van der Waals surface area contributed by atoms with E-state index in [1.54, 1.807) is 12.3 Å². The van der Waals surface area contributed by atoms with Crippen molar-refractivity contribution in [2.24, 2.45) is 5.73 Å². The molecule has 8 heteroatoms. The summed E-state index contributed by atoms with van der Waals surface area (Å²) in [7, 11) is 0. The number of rotatable bonds is 5. The first-order chi connectivity index (χ1) is 12.0. The number of benzene rings is 1. The third kappa shape index (κ3) is 2.90. The SMILES string of the molecule is NC(=O)c1cn(Cc2ccn(-c3c(F)cccc3F)n2)c(C2CC2)n1. The molecule has 0 aliphatic heterocycles. The molecule has 1 saturated carbocycles. The van der Waals surface area contributed by atoms with Crippen molar-refractivity contribution in [3.8, 4) is 5.69 Å². The van der Waals surface area contributed by atoms with Crippen molar-refractivity contribution in [3.05, 3.63) is 65.5 Å². The van der Waals surface area contributed by atoms with Crippen LogP contribution >= 0.6 is 0 Å². The molecule has 1 fully saturated rings. The van der Waals surface area contributed by atoms with Gasteiger partial charge in [0.05, 0.1) is 12.2 Å². The summed E-state index contributed by atoms with van der Waals surface area (Å²) in [4.78, 5) is 15.7. The van der Waals surface area contributed by atoms with E-state index in [1.165, 1.54) is 29.1 Å². The Bertz CT molecular complexity index is 938. The lowest BCUT2D eigenvalue weighted by atomic mass is 10.3. The van der Waals surface area contributed by atoms with Crippen LogP contribution in [0.1, 0.15) is 40.8 Å². The van der Waals surface area contributed by atoms with Crippen molar-refractivity contribution in [1.29, 1.82) is 0 Å². The van der Waals surface area contributed by atoms with Crippen molar-refractivity contribution in [2.45, 2.75) is 25.3 Å². The highest BCUT2D eigenvalue weighted by Gasteiger charge is 2.29. The van der Waals surface area contributed by atoms with E-state index in [0.29, 0.717) is 18.2 Å². The topological polar surface area (TPSA) is 78.7 Å². The molecule has 0 atom stereocenters. The second-order valence-electron chi connectivity index (χ2n) is 6.07. The fourth-order valence-electron chi connectivity index (χ4n) is 2.80. The number of carbonyl (C=O) groups is 1. The van der Waals surface area contributed by atoms with Crippen LogP contribution in [0.15, 0.2) is 36.7 Å². The van der Waals surface area contributed by atoms with Crippen LogP contribution in [0.5, 0.6) is 0 Å². The van der Waals surface area contributed by atoms with Crippen LogP contribution in [0, 0.1) is 11.6 Å². The van der Waals surface area contributed by atoms with E-state index in [-0.39, 0.29) is 11.4 Å². The molecule has 0 bridgehead atoms. The lowest BCUT2D eigenvalue weighted by molar-refractivity contribution is 0.0996. The van der Waals surface area contributed by atoms with E-state index >= 15 is 0 Å². The van der Waals surface area contributed by atoms with Crippen molar-refractivity contribution in [3.63, 3.8) is 0 Å². The smallest absolute Gasteiger partial charge is 0.268 e. The second kappa shape index (κ2) is 5.80. The van der Waals surface area contributed by atoms with Gasteiger partial charge in [0, 0.05) is 18.3 Å². The highest BCUT2D eigenvalue weighted by atomic mass is 19.1. The summed E-state index contributed by atoms with van der Waals surface area (Å²) in [5, 5.41) is 4.24. The Labute approximate surface area is 141 Å². The van der Waals surface area contributed by atoms with Gasteiger partial charge in [0.25, 0.3) is 5.91 Å². The van der Waals surface area contributed by atoms with Crippen molar-refractivity contribution >= 4 is 5.91 Å². The first-order valence-corrected chi connectivity index (χ1v) is 7.88. The van der Waals surface area contributed by atoms with Gasteiger partial charge in [0.2, 0.25) is 0 Å². The van der Waals surface area contributed by atoms with Gasteiger partial charge in [-0.25, -0.2) is 18.4 Å². The molecule has 1 amide bonds. The quantitative estimate of drug-likeness (QED) is 0.772. The van der Waals surface area contributed by atoms with Crippen LogP contribution in [0.25, 0.3) is 5.69 Å². The molecular formula is C17H15F2N5O. The monoisotopic (exact) mass is 343 g/mol. The number of nitrogens with zero attached hydrogens (tertiary/aromatic N) is 4. The Kier molecular flexibility index (Phi) is 3.60. The predicted molar refractivity (Wildman–Crippen MR) is 85.3 cm³/mol. The Morgan fingerprint density at radius 3 is 2.60 bits per heavy atom. The number of aromatic nitrogens is 4. The van der Waals surface area contributed by atoms with Gasteiger partial charge < -0.3 is 10.3 Å². The summed E-state index contributed by atoms with van der Waals surface area (Å²) in [5.41, 5.74) is 5.89. The summed E-state index contributed by atoms with van der Waals surface area (Å²) in [6, 6.07) is 5.34. The minimum atomic E-state index is -0.688. The van der Waals surface area contributed by atoms with E-state index < -0.39 is 17.5 Å². The average molecular weight is 343 g/mol. The highest BCUT2D eigenvalue weighted by molar-refractivity contribution is 5.90. The van der Waals surface area contributed by atoms with Crippen LogP contribution in [-0.2, 0) is 6.54 Å². The molecule has 3 aromatic rings. The lowest BCUT2D eigenvalue weighted by Gasteiger charge is -2.06. The molecule has 4 rings (SSSR count). The van der Waals surface area contributed by atoms with Crippen LogP contribution in [-0.4, -0.2) is 25.2 Å². The molecule has 2 heterocycles. The first-order valence-electron chi connectivity index (χ1n) is 7.88. The minimum Gasteiger partial charge on any atom is -0.364 e. The Hall–Kier alpha value is -3.03. The zero-order valence-electron chi connectivity index (χ0n) is 13.2. The van der Waals surface area contributed by atoms with E-state index in [0.717, 1.165) is 18.7 Å². The maximum Gasteiger partial charge on any atom is 0.268 e. The number of primary amides is 1. The number of para-hydroxylation sites is 1. The zero-order valence-corrected chi connectivity index (χ0v) is 13.2. The Morgan fingerprint density at radius 1 is 1.24 bits per heavy atom. The predicted octanol–water partition coefficient (Wildman–Crippen LogP) is 2.37. The van der Waals surface area contributed by atoms with Gasteiger partial charge in [-0.3, -0.25) is 4.79 Å². The number of hydrogen-bond acceptors (Lipinski definition) is 3. The number of imidazole rings is 1. The molecule has 0 unspecified atom stereocenters. The largest absolute Gasteiger partial charge is 0.364 e. The number of carbonyl (C=O) groups excluding carboxylic acids is 1. The van der Waals surface area contributed by atoms with Crippen LogP contribution in [0.4, 0.5) is 8.78 Å². The summed E-state index contributed by atoms with van der Waals surface area (Å²) in [5.74, 6) is -0.849.